The van der Waals surface area contributed by atoms with Crippen molar-refractivity contribution in [3.63, 3.8) is 0 Å². The number of aliphatic carboxylic acids is 1. The van der Waals surface area contributed by atoms with E-state index in [9.17, 15) is 9.59 Å². The average molecular weight is 244 g/mol. The summed E-state index contributed by atoms with van der Waals surface area (Å²) in [4.78, 5) is 22.5. The fourth-order valence-electron chi connectivity index (χ4n) is 1.27. The van der Waals surface area contributed by atoms with Crippen LogP contribution in [0.25, 0.3) is 0 Å². The van der Waals surface area contributed by atoms with E-state index in [4.69, 9.17) is 5.11 Å². The SMILES string of the molecule is CC(C)C[C@H](NC(=O)NC(C)C(C)C)C(=O)O. The maximum atomic E-state index is 11.6. The van der Waals surface area contributed by atoms with E-state index in [0.29, 0.717) is 12.3 Å². The predicted molar refractivity (Wildman–Crippen MR) is 66.8 cm³/mol. The van der Waals surface area contributed by atoms with Gasteiger partial charge in [0.2, 0.25) is 0 Å². The number of rotatable bonds is 6. The monoisotopic (exact) mass is 244 g/mol. The van der Waals surface area contributed by atoms with Crippen LogP contribution < -0.4 is 10.6 Å². The van der Waals surface area contributed by atoms with Gasteiger partial charge in [0.1, 0.15) is 6.04 Å². The quantitative estimate of drug-likeness (QED) is 0.667. The van der Waals surface area contributed by atoms with Gasteiger partial charge in [-0.2, -0.15) is 0 Å². The summed E-state index contributed by atoms with van der Waals surface area (Å²) in [5.41, 5.74) is 0. The third kappa shape index (κ3) is 6.81. The van der Waals surface area contributed by atoms with Crippen molar-refractivity contribution in [3.8, 4) is 0 Å². The molecule has 0 bridgehead atoms. The molecule has 17 heavy (non-hydrogen) atoms. The largest absolute Gasteiger partial charge is 0.480 e. The number of urea groups is 1. The number of carbonyl (C=O) groups excluding carboxylic acids is 1. The Labute approximate surface area is 103 Å². The van der Waals surface area contributed by atoms with Crippen LogP contribution in [-0.2, 0) is 4.79 Å². The van der Waals surface area contributed by atoms with E-state index in [1.54, 1.807) is 0 Å². The molecule has 100 valence electrons. The minimum atomic E-state index is -0.994. The lowest BCUT2D eigenvalue weighted by molar-refractivity contribution is -0.139. The zero-order chi connectivity index (χ0) is 13.6. The van der Waals surface area contributed by atoms with Gasteiger partial charge < -0.3 is 15.7 Å². The fourth-order valence-corrected chi connectivity index (χ4v) is 1.27. The van der Waals surface area contributed by atoms with E-state index in [-0.39, 0.29) is 12.0 Å². The summed E-state index contributed by atoms with van der Waals surface area (Å²) >= 11 is 0. The van der Waals surface area contributed by atoms with Crippen LogP contribution in [0.1, 0.15) is 41.0 Å². The maximum Gasteiger partial charge on any atom is 0.326 e. The third-order valence-electron chi connectivity index (χ3n) is 2.67. The first-order valence-electron chi connectivity index (χ1n) is 6.03. The highest BCUT2D eigenvalue weighted by molar-refractivity contribution is 5.82. The molecule has 0 rings (SSSR count). The second kappa shape index (κ2) is 7.14. The van der Waals surface area contributed by atoms with E-state index in [1.807, 2.05) is 34.6 Å². The smallest absolute Gasteiger partial charge is 0.326 e. The number of amides is 2. The zero-order valence-corrected chi connectivity index (χ0v) is 11.3. The van der Waals surface area contributed by atoms with Gasteiger partial charge in [-0.25, -0.2) is 9.59 Å². The molecule has 0 saturated heterocycles. The van der Waals surface area contributed by atoms with Crippen LogP contribution >= 0.6 is 0 Å². The second-order valence-electron chi connectivity index (χ2n) is 5.17. The molecule has 2 atom stereocenters. The first-order valence-corrected chi connectivity index (χ1v) is 6.03. The Hall–Kier alpha value is -1.26. The van der Waals surface area contributed by atoms with Crippen molar-refractivity contribution in [2.75, 3.05) is 0 Å². The Morgan fingerprint density at radius 3 is 1.94 bits per heavy atom. The molecule has 5 heteroatoms. The lowest BCUT2D eigenvalue weighted by atomic mass is 10.0. The highest BCUT2D eigenvalue weighted by Crippen LogP contribution is 2.05. The lowest BCUT2D eigenvalue weighted by Crippen LogP contribution is -2.49. The summed E-state index contributed by atoms with van der Waals surface area (Å²) in [6, 6.07) is -1.22. The predicted octanol–water partition coefficient (Wildman–Crippen LogP) is 1.83. The summed E-state index contributed by atoms with van der Waals surface area (Å²) in [5.74, 6) is -0.459. The molecule has 0 aliphatic heterocycles. The Morgan fingerprint density at radius 1 is 1.06 bits per heavy atom. The molecule has 0 fully saturated rings. The number of carboxylic acids is 1. The molecule has 0 aromatic rings. The topological polar surface area (TPSA) is 78.4 Å². The normalized spacial score (nSPS) is 14.5. The van der Waals surface area contributed by atoms with E-state index in [0.717, 1.165) is 0 Å². The molecule has 0 spiro atoms. The van der Waals surface area contributed by atoms with Gasteiger partial charge in [0.25, 0.3) is 0 Å². The van der Waals surface area contributed by atoms with Crippen molar-refractivity contribution < 1.29 is 14.7 Å². The Morgan fingerprint density at radius 2 is 1.59 bits per heavy atom. The van der Waals surface area contributed by atoms with Crippen LogP contribution in [0.3, 0.4) is 0 Å². The van der Waals surface area contributed by atoms with Gasteiger partial charge in [-0.15, -0.1) is 0 Å². The van der Waals surface area contributed by atoms with Gasteiger partial charge in [0.05, 0.1) is 0 Å². The molecular weight excluding hydrogens is 220 g/mol. The molecule has 2 amide bonds. The highest BCUT2D eigenvalue weighted by atomic mass is 16.4. The summed E-state index contributed by atoms with van der Waals surface area (Å²) in [7, 11) is 0. The zero-order valence-electron chi connectivity index (χ0n) is 11.3. The molecule has 0 radical (unpaired) electrons. The van der Waals surface area contributed by atoms with E-state index >= 15 is 0 Å². The number of hydrogen-bond donors (Lipinski definition) is 3. The van der Waals surface area contributed by atoms with Crippen molar-refractivity contribution in [2.24, 2.45) is 11.8 Å². The first kappa shape index (κ1) is 15.7. The molecule has 0 aliphatic carbocycles. The number of nitrogens with one attached hydrogen (secondary N) is 2. The number of carbonyl (C=O) groups is 2. The van der Waals surface area contributed by atoms with Crippen molar-refractivity contribution >= 4 is 12.0 Å². The van der Waals surface area contributed by atoms with E-state index in [2.05, 4.69) is 10.6 Å². The average Bonchev–Trinajstić information content (AvgIpc) is 2.15. The molecular formula is C12H24N2O3. The van der Waals surface area contributed by atoms with Crippen LogP contribution in [0.4, 0.5) is 4.79 Å². The van der Waals surface area contributed by atoms with Crippen LogP contribution in [0, 0.1) is 11.8 Å². The summed E-state index contributed by atoms with van der Waals surface area (Å²) < 4.78 is 0. The highest BCUT2D eigenvalue weighted by Gasteiger charge is 2.21. The van der Waals surface area contributed by atoms with Crippen molar-refractivity contribution in [1.29, 1.82) is 0 Å². The van der Waals surface area contributed by atoms with Crippen LogP contribution in [0.2, 0.25) is 0 Å². The third-order valence-corrected chi connectivity index (χ3v) is 2.67. The second-order valence-corrected chi connectivity index (χ2v) is 5.17. The molecule has 3 N–H and O–H groups in total. The van der Waals surface area contributed by atoms with Gasteiger partial charge in [-0.3, -0.25) is 0 Å². The fraction of sp³-hybridized carbons (Fsp3) is 0.833. The lowest BCUT2D eigenvalue weighted by Gasteiger charge is -2.21. The molecule has 0 aromatic heterocycles. The summed E-state index contributed by atoms with van der Waals surface area (Å²) in [6.45, 7) is 9.72. The van der Waals surface area contributed by atoms with Crippen LogP contribution in [0.5, 0.6) is 0 Å². The minimum absolute atomic E-state index is 0.0171. The molecule has 0 saturated carbocycles. The van der Waals surface area contributed by atoms with Crippen molar-refractivity contribution in [1.82, 2.24) is 10.6 Å². The van der Waals surface area contributed by atoms with Gasteiger partial charge >= 0.3 is 12.0 Å². The molecule has 5 nitrogen and oxygen atoms in total. The van der Waals surface area contributed by atoms with Gasteiger partial charge in [-0.05, 0) is 25.2 Å². The van der Waals surface area contributed by atoms with Crippen LogP contribution in [-0.4, -0.2) is 29.2 Å². The number of carboxylic acid groups (broad SMARTS) is 1. The van der Waals surface area contributed by atoms with E-state index in [1.165, 1.54) is 0 Å². The molecule has 1 unspecified atom stereocenters. The van der Waals surface area contributed by atoms with Gasteiger partial charge in [0, 0.05) is 6.04 Å². The minimum Gasteiger partial charge on any atom is -0.480 e. The molecule has 0 aromatic carbocycles. The number of hydrogen-bond acceptors (Lipinski definition) is 2. The van der Waals surface area contributed by atoms with Gasteiger partial charge in [0.15, 0.2) is 0 Å². The maximum absolute atomic E-state index is 11.6. The summed E-state index contributed by atoms with van der Waals surface area (Å²) in [6.07, 6.45) is 0.429. The standard InChI is InChI=1S/C12H24N2O3/c1-7(2)6-10(11(15)16)14-12(17)13-9(5)8(3)4/h7-10H,6H2,1-5H3,(H,15,16)(H2,13,14,17)/t9?,10-/m0/s1. The summed E-state index contributed by atoms with van der Waals surface area (Å²) in [5, 5.41) is 14.2. The Bertz CT molecular complexity index is 264. The Kier molecular flexibility index (Phi) is 6.61. The molecule has 0 aliphatic rings. The van der Waals surface area contributed by atoms with E-state index < -0.39 is 18.0 Å². The Balaban J connectivity index is 4.26. The molecule has 0 heterocycles. The first-order chi connectivity index (χ1) is 7.73. The van der Waals surface area contributed by atoms with Crippen molar-refractivity contribution in [2.45, 2.75) is 53.1 Å². The van der Waals surface area contributed by atoms with Crippen molar-refractivity contribution in [3.05, 3.63) is 0 Å². The van der Waals surface area contributed by atoms with Crippen LogP contribution in [0.15, 0.2) is 0 Å². The van der Waals surface area contributed by atoms with Gasteiger partial charge in [-0.1, -0.05) is 27.7 Å².